The van der Waals surface area contributed by atoms with Crippen molar-refractivity contribution in [3.63, 3.8) is 0 Å². The Morgan fingerprint density at radius 1 is 1.16 bits per heavy atom. The maximum atomic E-state index is 13.1. The maximum Gasteiger partial charge on any atom is 0.295 e. The van der Waals surface area contributed by atoms with Crippen molar-refractivity contribution >= 4 is 22.6 Å². The lowest BCUT2D eigenvalue weighted by Gasteiger charge is -2.28. The number of hydrogen-bond acceptors (Lipinski definition) is 7. The molecule has 0 aliphatic carbocycles. The van der Waals surface area contributed by atoms with Gasteiger partial charge in [0.15, 0.2) is 0 Å². The van der Waals surface area contributed by atoms with Gasteiger partial charge in [0.1, 0.15) is 12.1 Å². The Bertz CT molecular complexity index is 1300. The molecule has 0 bridgehead atoms. The Morgan fingerprint density at radius 3 is 2.87 bits per heavy atom. The highest BCUT2D eigenvalue weighted by Crippen LogP contribution is 2.29. The van der Waals surface area contributed by atoms with Crippen molar-refractivity contribution in [3.8, 4) is 17.1 Å². The molecule has 0 spiro atoms. The number of fused-ring (bicyclic) bond motifs is 2. The first-order valence-corrected chi connectivity index (χ1v) is 9.74. The van der Waals surface area contributed by atoms with Crippen LogP contribution in [0, 0.1) is 0 Å². The zero-order valence-corrected chi connectivity index (χ0v) is 16.7. The summed E-state index contributed by atoms with van der Waals surface area (Å²) in [7, 11) is 1.50. The third-order valence-electron chi connectivity index (χ3n) is 5.41. The number of hydrogen-bond donors (Lipinski definition) is 1. The molecule has 31 heavy (non-hydrogen) atoms. The Labute approximate surface area is 177 Å². The maximum absolute atomic E-state index is 13.1. The second-order valence-electron chi connectivity index (χ2n) is 7.14. The second-order valence-corrected chi connectivity index (χ2v) is 7.14. The summed E-state index contributed by atoms with van der Waals surface area (Å²) < 4.78 is 5.32. The SMILES string of the molecule is COc1cncc2[nH]cc(C(=O)C(=O)N3CCc4c(ncnc4-c4ccccn4)C3)c12. The minimum atomic E-state index is -0.599. The molecule has 0 saturated carbocycles. The summed E-state index contributed by atoms with van der Waals surface area (Å²) in [6.07, 6.45) is 8.36. The van der Waals surface area contributed by atoms with E-state index in [2.05, 4.69) is 24.9 Å². The van der Waals surface area contributed by atoms with Crippen LogP contribution in [0.1, 0.15) is 21.6 Å². The number of nitrogens with one attached hydrogen (secondary N) is 1. The van der Waals surface area contributed by atoms with Crippen LogP contribution in [-0.4, -0.2) is 55.2 Å². The number of ether oxygens (including phenoxy) is 1. The third kappa shape index (κ3) is 3.20. The minimum Gasteiger partial charge on any atom is -0.494 e. The summed E-state index contributed by atoms with van der Waals surface area (Å²) in [5.74, 6) is -0.742. The average molecular weight is 414 g/mol. The molecule has 0 radical (unpaired) electrons. The molecule has 1 N–H and O–H groups in total. The molecule has 5 rings (SSSR count). The molecular weight excluding hydrogens is 396 g/mol. The number of nitrogens with zero attached hydrogens (tertiary/aromatic N) is 5. The van der Waals surface area contributed by atoms with Crippen LogP contribution in [0.25, 0.3) is 22.3 Å². The molecule has 0 fully saturated rings. The fourth-order valence-corrected chi connectivity index (χ4v) is 3.89. The van der Waals surface area contributed by atoms with Crippen LogP contribution in [0.5, 0.6) is 5.75 Å². The molecular formula is C22H18N6O3. The average Bonchev–Trinajstić information content (AvgIpc) is 3.27. The van der Waals surface area contributed by atoms with Gasteiger partial charge in [0.2, 0.25) is 0 Å². The van der Waals surface area contributed by atoms with Crippen LogP contribution < -0.4 is 4.74 Å². The highest BCUT2D eigenvalue weighted by molar-refractivity contribution is 6.45. The summed E-state index contributed by atoms with van der Waals surface area (Å²) in [5.41, 5.74) is 4.10. The normalized spacial score (nSPS) is 13.1. The van der Waals surface area contributed by atoms with Gasteiger partial charge in [-0.3, -0.25) is 19.6 Å². The number of rotatable bonds is 4. The minimum absolute atomic E-state index is 0.239. The van der Waals surface area contributed by atoms with Crippen molar-refractivity contribution in [1.29, 1.82) is 0 Å². The predicted octanol–water partition coefficient (Wildman–Crippen LogP) is 2.19. The summed E-state index contributed by atoms with van der Waals surface area (Å²) in [6, 6.07) is 5.64. The van der Waals surface area contributed by atoms with E-state index in [-0.39, 0.29) is 12.1 Å². The van der Waals surface area contributed by atoms with E-state index in [9.17, 15) is 9.59 Å². The zero-order valence-electron chi connectivity index (χ0n) is 16.7. The molecule has 1 aliphatic rings. The lowest BCUT2D eigenvalue weighted by atomic mass is 10.00. The van der Waals surface area contributed by atoms with Crippen LogP contribution in [0.2, 0.25) is 0 Å². The number of ketones is 1. The molecule has 4 aromatic heterocycles. The van der Waals surface area contributed by atoms with E-state index in [4.69, 9.17) is 4.74 Å². The number of carbonyl (C=O) groups is 2. The molecule has 0 saturated heterocycles. The number of aromatic nitrogens is 5. The van der Waals surface area contributed by atoms with Gasteiger partial charge >= 0.3 is 0 Å². The lowest BCUT2D eigenvalue weighted by Crippen LogP contribution is -2.40. The number of Topliss-reactive ketones (excluding diaryl/α,β-unsaturated/α-hetero) is 1. The highest BCUT2D eigenvalue weighted by atomic mass is 16.5. The highest BCUT2D eigenvalue weighted by Gasteiger charge is 2.31. The van der Waals surface area contributed by atoms with Crippen LogP contribution >= 0.6 is 0 Å². The van der Waals surface area contributed by atoms with Gasteiger partial charge < -0.3 is 14.6 Å². The van der Waals surface area contributed by atoms with E-state index >= 15 is 0 Å². The zero-order chi connectivity index (χ0) is 21.4. The van der Waals surface area contributed by atoms with E-state index in [1.807, 2.05) is 18.2 Å². The summed E-state index contributed by atoms with van der Waals surface area (Å²) in [5, 5.41) is 0.549. The number of aromatic amines is 1. The number of carbonyl (C=O) groups excluding carboxylic acids is 2. The molecule has 0 atom stereocenters. The molecule has 1 aliphatic heterocycles. The summed E-state index contributed by atoms with van der Waals surface area (Å²) >= 11 is 0. The standard InChI is InChI=1S/C22H18N6O3/c1-31-18-10-23-9-16-19(18)14(8-25-16)21(29)22(30)28-7-5-13-17(11-28)26-12-27-20(13)15-4-2-3-6-24-15/h2-4,6,8-10,12,25H,5,7,11H2,1H3. The van der Waals surface area contributed by atoms with Crippen LogP contribution in [0.4, 0.5) is 0 Å². The monoisotopic (exact) mass is 414 g/mol. The van der Waals surface area contributed by atoms with Crippen molar-refractivity contribution < 1.29 is 14.3 Å². The van der Waals surface area contributed by atoms with Gasteiger partial charge in [-0.15, -0.1) is 0 Å². The summed E-state index contributed by atoms with van der Waals surface area (Å²) in [6.45, 7) is 0.634. The lowest BCUT2D eigenvalue weighted by molar-refractivity contribution is -0.127. The smallest absolute Gasteiger partial charge is 0.295 e. The van der Waals surface area contributed by atoms with Gasteiger partial charge in [-0.25, -0.2) is 9.97 Å². The van der Waals surface area contributed by atoms with Crippen LogP contribution in [0.15, 0.2) is 49.3 Å². The van der Waals surface area contributed by atoms with Crippen molar-refractivity contribution in [1.82, 2.24) is 29.8 Å². The largest absolute Gasteiger partial charge is 0.494 e. The van der Waals surface area contributed by atoms with Gasteiger partial charge in [0, 0.05) is 24.5 Å². The first-order chi connectivity index (χ1) is 15.2. The molecule has 0 aromatic carbocycles. The predicted molar refractivity (Wildman–Crippen MR) is 111 cm³/mol. The molecule has 9 nitrogen and oxygen atoms in total. The van der Waals surface area contributed by atoms with E-state index in [1.54, 1.807) is 12.4 Å². The van der Waals surface area contributed by atoms with Gasteiger partial charge in [-0.2, -0.15) is 0 Å². The topological polar surface area (TPSA) is 114 Å². The molecule has 154 valence electrons. The fourth-order valence-electron chi connectivity index (χ4n) is 3.89. The van der Waals surface area contributed by atoms with Crippen molar-refractivity contribution in [2.75, 3.05) is 13.7 Å². The Balaban J connectivity index is 1.44. The van der Waals surface area contributed by atoms with Gasteiger partial charge in [-0.05, 0) is 18.6 Å². The van der Waals surface area contributed by atoms with E-state index in [1.165, 1.54) is 30.7 Å². The van der Waals surface area contributed by atoms with E-state index < -0.39 is 11.7 Å². The molecule has 9 heteroatoms. The fraction of sp³-hybridized carbons (Fsp3) is 0.182. The van der Waals surface area contributed by atoms with Gasteiger partial charge in [0.25, 0.3) is 11.7 Å². The van der Waals surface area contributed by atoms with E-state index in [0.717, 1.165) is 22.6 Å². The Morgan fingerprint density at radius 2 is 2.06 bits per heavy atom. The number of amides is 1. The van der Waals surface area contributed by atoms with Gasteiger partial charge in [-0.1, -0.05) is 6.07 Å². The number of methoxy groups -OCH3 is 1. The third-order valence-corrected chi connectivity index (χ3v) is 5.41. The Kier molecular flexibility index (Phi) is 4.62. The van der Waals surface area contributed by atoms with Crippen LogP contribution in [0.3, 0.4) is 0 Å². The first-order valence-electron chi connectivity index (χ1n) is 9.74. The molecule has 4 aromatic rings. The van der Waals surface area contributed by atoms with Crippen molar-refractivity contribution in [2.24, 2.45) is 0 Å². The van der Waals surface area contributed by atoms with Crippen molar-refractivity contribution in [3.05, 3.63) is 66.1 Å². The van der Waals surface area contributed by atoms with Crippen molar-refractivity contribution in [2.45, 2.75) is 13.0 Å². The number of H-pyrrole nitrogens is 1. The summed E-state index contributed by atoms with van der Waals surface area (Å²) in [4.78, 5) is 47.8. The van der Waals surface area contributed by atoms with Crippen LogP contribution in [-0.2, 0) is 17.8 Å². The molecule has 5 heterocycles. The van der Waals surface area contributed by atoms with Gasteiger partial charge in [0.05, 0.1) is 59.6 Å². The second kappa shape index (κ2) is 7.60. The quantitative estimate of drug-likeness (QED) is 0.402. The first kappa shape index (κ1) is 18.9. The molecule has 0 unspecified atom stereocenters. The molecule has 1 amide bonds. The Hall–Kier alpha value is -4.14. The van der Waals surface area contributed by atoms with E-state index in [0.29, 0.717) is 29.6 Å². The number of pyridine rings is 2.